The molecule has 9 N–H and O–H groups in total. The Morgan fingerprint density at radius 2 is 1.33 bits per heavy atom. The Kier molecular flexibility index (Phi) is 12.2. The van der Waals surface area contributed by atoms with Crippen molar-refractivity contribution in [2.45, 2.75) is 100 Å². The number of hydrogen-bond donors (Lipinski definition) is 9. The van der Waals surface area contributed by atoms with Crippen LogP contribution in [0, 0.1) is 5.92 Å². The lowest BCUT2D eigenvalue weighted by Gasteiger charge is -2.43. The van der Waals surface area contributed by atoms with Crippen LogP contribution in [0.3, 0.4) is 0 Å². The molecular formula is C27H40O16. The van der Waals surface area contributed by atoms with Crippen LogP contribution in [-0.2, 0) is 35.1 Å². The maximum Gasteiger partial charge on any atom is 0.336 e. The van der Waals surface area contributed by atoms with Gasteiger partial charge in [-0.1, -0.05) is 26.0 Å². The van der Waals surface area contributed by atoms with Crippen LogP contribution >= 0.6 is 0 Å². The van der Waals surface area contributed by atoms with Gasteiger partial charge in [0, 0.05) is 0 Å². The van der Waals surface area contributed by atoms with E-state index in [0.717, 1.165) is 0 Å². The first-order chi connectivity index (χ1) is 20.2. The zero-order chi connectivity index (χ0) is 32.1. The topological polar surface area (TPSA) is 262 Å². The molecule has 16 heteroatoms. The van der Waals surface area contributed by atoms with Crippen molar-refractivity contribution in [3.8, 4) is 5.75 Å². The molecular weight excluding hydrogens is 580 g/mol. The summed E-state index contributed by atoms with van der Waals surface area (Å²) in [6, 6.07) is 5.87. The SMILES string of the molecule is CC(C)C[C@](CC(=O)OCc1ccc(O[C@@H]2O[C@H](CO)[C@@H](O)[C@H](O)[C@H]2O)cc1)(O[C@@H]1O[C@H](CO)[C@@H](O)[C@H](O)[C@H]1O)C(=O)O. The van der Waals surface area contributed by atoms with E-state index in [1.807, 2.05) is 0 Å². The monoisotopic (exact) mass is 620 g/mol. The van der Waals surface area contributed by atoms with Gasteiger partial charge in [-0.15, -0.1) is 0 Å². The van der Waals surface area contributed by atoms with Crippen LogP contribution in [-0.4, -0.2) is 138 Å². The second-order valence-electron chi connectivity index (χ2n) is 11.0. The quantitative estimate of drug-likeness (QED) is 0.0994. The zero-order valence-corrected chi connectivity index (χ0v) is 23.6. The molecule has 0 bridgehead atoms. The Bertz CT molecular complexity index is 1050. The van der Waals surface area contributed by atoms with Crippen molar-refractivity contribution >= 4 is 11.9 Å². The molecule has 11 atom stereocenters. The summed E-state index contributed by atoms with van der Waals surface area (Å²) in [4.78, 5) is 25.3. The fourth-order valence-corrected chi connectivity index (χ4v) is 4.83. The van der Waals surface area contributed by atoms with Gasteiger partial charge in [-0.2, -0.15) is 0 Å². The molecule has 0 aliphatic carbocycles. The standard InChI is InChI=1S/C27H40O16/c1-12(2)7-27(26(37)38,43-25-23(36)21(34)19(32)16(10-29)42-25)8-17(30)39-11-13-3-5-14(6-4-13)40-24-22(35)20(33)18(31)15(9-28)41-24/h3-6,12,15-16,18-25,28-29,31-36H,7-11H2,1-2H3,(H,37,38)/t15-,16-,18-,19-,20+,21+,22-,23-,24-,25+,27-/m1/s1. The predicted octanol–water partition coefficient (Wildman–Crippen LogP) is -3.02. The summed E-state index contributed by atoms with van der Waals surface area (Å²) in [5.74, 6) is -2.70. The second-order valence-corrected chi connectivity index (χ2v) is 11.0. The summed E-state index contributed by atoms with van der Waals surface area (Å²) in [7, 11) is 0. The number of benzene rings is 1. The molecule has 0 saturated carbocycles. The number of hydrogen-bond acceptors (Lipinski definition) is 15. The molecule has 16 nitrogen and oxygen atoms in total. The maximum absolute atomic E-state index is 12.8. The maximum atomic E-state index is 12.8. The van der Waals surface area contributed by atoms with Gasteiger partial charge in [-0.05, 0) is 30.0 Å². The van der Waals surface area contributed by atoms with E-state index in [1.54, 1.807) is 13.8 Å². The van der Waals surface area contributed by atoms with E-state index in [4.69, 9.17) is 23.7 Å². The van der Waals surface area contributed by atoms with E-state index in [-0.39, 0.29) is 24.7 Å². The molecule has 43 heavy (non-hydrogen) atoms. The van der Waals surface area contributed by atoms with Crippen LogP contribution in [0.25, 0.3) is 0 Å². The van der Waals surface area contributed by atoms with Gasteiger partial charge < -0.3 is 69.6 Å². The van der Waals surface area contributed by atoms with Gasteiger partial charge in [0.25, 0.3) is 0 Å². The molecule has 3 rings (SSSR count). The molecule has 2 fully saturated rings. The van der Waals surface area contributed by atoms with Crippen LogP contribution < -0.4 is 4.74 Å². The highest BCUT2D eigenvalue weighted by Crippen LogP contribution is 2.33. The van der Waals surface area contributed by atoms with E-state index in [1.165, 1.54) is 24.3 Å². The predicted molar refractivity (Wildman–Crippen MR) is 140 cm³/mol. The molecule has 2 heterocycles. The van der Waals surface area contributed by atoms with Crippen molar-refractivity contribution in [2.75, 3.05) is 13.2 Å². The third-order valence-electron chi connectivity index (χ3n) is 7.17. The van der Waals surface area contributed by atoms with E-state index >= 15 is 0 Å². The van der Waals surface area contributed by atoms with Gasteiger partial charge in [0.15, 0.2) is 11.9 Å². The summed E-state index contributed by atoms with van der Waals surface area (Å²) in [6.07, 6.45) is -16.9. The number of ether oxygens (including phenoxy) is 5. The first-order valence-corrected chi connectivity index (χ1v) is 13.7. The Morgan fingerprint density at radius 1 is 0.814 bits per heavy atom. The molecule has 0 unspecified atom stereocenters. The molecule has 2 saturated heterocycles. The van der Waals surface area contributed by atoms with Crippen molar-refractivity contribution in [1.82, 2.24) is 0 Å². The van der Waals surface area contributed by atoms with E-state index in [2.05, 4.69) is 0 Å². The van der Waals surface area contributed by atoms with E-state index < -0.39 is 98.6 Å². The number of carboxylic acids is 1. The highest BCUT2D eigenvalue weighted by atomic mass is 16.7. The molecule has 1 aromatic carbocycles. The first-order valence-electron chi connectivity index (χ1n) is 13.7. The van der Waals surface area contributed by atoms with Crippen LogP contribution in [0.15, 0.2) is 24.3 Å². The number of carboxylic acid groups (broad SMARTS) is 1. The van der Waals surface area contributed by atoms with Gasteiger partial charge in [-0.3, -0.25) is 4.79 Å². The minimum absolute atomic E-state index is 0.175. The Labute approximate surface area is 246 Å². The molecule has 0 aromatic heterocycles. The first kappa shape index (κ1) is 35.0. The minimum Gasteiger partial charge on any atom is -0.479 e. The largest absolute Gasteiger partial charge is 0.479 e. The molecule has 2 aliphatic rings. The summed E-state index contributed by atoms with van der Waals surface area (Å²) < 4.78 is 27.0. The Balaban J connectivity index is 1.65. The highest BCUT2D eigenvalue weighted by Gasteiger charge is 2.51. The highest BCUT2D eigenvalue weighted by molar-refractivity contribution is 5.84. The van der Waals surface area contributed by atoms with Gasteiger partial charge >= 0.3 is 11.9 Å². The lowest BCUT2D eigenvalue weighted by atomic mass is 9.88. The average molecular weight is 621 g/mol. The number of carbonyl (C=O) groups excluding carboxylic acids is 1. The smallest absolute Gasteiger partial charge is 0.336 e. The third-order valence-corrected chi connectivity index (χ3v) is 7.17. The van der Waals surface area contributed by atoms with Crippen molar-refractivity contribution in [1.29, 1.82) is 0 Å². The average Bonchev–Trinajstić information content (AvgIpc) is 2.96. The van der Waals surface area contributed by atoms with Crippen LogP contribution in [0.1, 0.15) is 32.3 Å². The molecule has 0 radical (unpaired) electrons. The fraction of sp³-hybridized carbons (Fsp3) is 0.704. The van der Waals surface area contributed by atoms with Crippen LogP contribution in [0.5, 0.6) is 5.75 Å². The van der Waals surface area contributed by atoms with Crippen LogP contribution in [0.4, 0.5) is 0 Å². The lowest BCUT2D eigenvalue weighted by molar-refractivity contribution is -0.326. The van der Waals surface area contributed by atoms with Crippen LogP contribution in [0.2, 0.25) is 0 Å². The number of rotatable bonds is 13. The summed E-state index contributed by atoms with van der Waals surface area (Å²) in [5, 5.41) is 89.2. The molecule has 0 spiro atoms. The molecule has 244 valence electrons. The van der Waals surface area contributed by atoms with E-state index in [9.17, 15) is 55.5 Å². The van der Waals surface area contributed by atoms with Gasteiger partial charge in [0.1, 0.15) is 61.2 Å². The number of aliphatic carboxylic acids is 1. The summed E-state index contributed by atoms with van der Waals surface area (Å²) in [5.41, 5.74) is -1.81. The van der Waals surface area contributed by atoms with Crippen molar-refractivity contribution in [3.05, 3.63) is 29.8 Å². The van der Waals surface area contributed by atoms with Crippen molar-refractivity contribution in [2.24, 2.45) is 5.92 Å². The summed E-state index contributed by atoms with van der Waals surface area (Å²) >= 11 is 0. The number of esters is 1. The second kappa shape index (κ2) is 15.0. The number of aliphatic hydroxyl groups is 8. The molecule has 1 aromatic rings. The molecule has 2 aliphatic heterocycles. The van der Waals surface area contributed by atoms with Gasteiger partial charge in [-0.25, -0.2) is 4.79 Å². The fourth-order valence-electron chi connectivity index (χ4n) is 4.83. The number of carbonyl (C=O) groups is 2. The van der Waals surface area contributed by atoms with Crippen molar-refractivity contribution < 1.29 is 79.2 Å². The summed E-state index contributed by atoms with van der Waals surface area (Å²) in [6.45, 7) is 1.67. The zero-order valence-electron chi connectivity index (χ0n) is 23.6. The van der Waals surface area contributed by atoms with E-state index in [0.29, 0.717) is 5.56 Å². The lowest BCUT2D eigenvalue weighted by Crippen LogP contribution is -2.62. The normalized spacial score (nSPS) is 34.4. The van der Waals surface area contributed by atoms with Gasteiger partial charge in [0.2, 0.25) is 6.29 Å². The Hall–Kier alpha value is -2.48. The third kappa shape index (κ3) is 8.37. The minimum atomic E-state index is -2.26. The number of aliphatic hydroxyl groups excluding tert-OH is 8. The van der Waals surface area contributed by atoms with Gasteiger partial charge in [0.05, 0.1) is 19.6 Å². The van der Waals surface area contributed by atoms with Crippen molar-refractivity contribution in [3.63, 3.8) is 0 Å². The molecule has 0 amide bonds. The Morgan fingerprint density at radius 3 is 1.81 bits per heavy atom.